The second-order valence-electron chi connectivity index (χ2n) is 7.28. The lowest BCUT2D eigenvalue weighted by Gasteiger charge is -2.27. The Morgan fingerprint density at radius 2 is 2.00 bits per heavy atom. The van der Waals surface area contributed by atoms with Gasteiger partial charge in [-0.3, -0.25) is 4.90 Å². The summed E-state index contributed by atoms with van der Waals surface area (Å²) in [5.41, 5.74) is 1.16. The zero-order valence-electron chi connectivity index (χ0n) is 16.3. The van der Waals surface area contributed by atoms with Gasteiger partial charge in [0.05, 0.1) is 12.6 Å². The van der Waals surface area contributed by atoms with Crippen molar-refractivity contribution < 1.29 is 4.74 Å². The summed E-state index contributed by atoms with van der Waals surface area (Å²) >= 11 is 0. The third kappa shape index (κ3) is 5.13. The van der Waals surface area contributed by atoms with Gasteiger partial charge in [-0.15, -0.1) is 0 Å². The fourth-order valence-corrected chi connectivity index (χ4v) is 3.68. The standard InChI is InChI=1S/C21H34N4O/c1-3-22-21(24-16-18-10-8-14-25(18)4-2)23-15-17-9-5-6-13-20(17)26-19-11-7-12-19/h5-6,9,13,18-19H,3-4,7-8,10-12,14-16H2,1-2H3,(H2,22,23,24). The molecule has 1 aromatic rings. The molecule has 1 atom stereocenters. The van der Waals surface area contributed by atoms with E-state index in [0.29, 0.717) is 18.7 Å². The van der Waals surface area contributed by atoms with Crippen LogP contribution in [-0.2, 0) is 6.54 Å². The summed E-state index contributed by atoms with van der Waals surface area (Å²) in [4.78, 5) is 7.36. The second-order valence-corrected chi connectivity index (χ2v) is 7.28. The number of rotatable bonds is 8. The fourth-order valence-electron chi connectivity index (χ4n) is 3.68. The van der Waals surface area contributed by atoms with Crippen molar-refractivity contribution in [2.45, 2.75) is 64.6 Å². The molecule has 1 unspecified atom stereocenters. The van der Waals surface area contributed by atoms with Crippen molar-refractivity contribution in [3.05, 3.63) is 29.8 Å². The second kappa shape index (κ2) is 9.81. The molecule has 1 aliphatic heterocycles. The van der Waals surface area contributed by atoms with Crippen LogP contribution in [0.4, 0.5) is 0 Å². The molecule has 1 aliphatic carbocycles. The number of para-hydroxylation sites is 1. The summed E-state index contributed by atoms with van der Waals surface area (Å²) in [6.45, 7) is 9.18. The highest BCUT2D eigenvalue weighted by molar-refractivity contribution is 5.79. The largest absolute Gasteiger partial charge is 0.490 e. The van der Waals surface area contributed by atoms with Crippen LogP contribution >= 0.6 is 0 Å². The summed E-state index contributed by atoms with van der Waals surface area (Å²) in [6, 6.07) is 8.93. The minimum Gasteiger partial charge on any atom is -0.490 e. The molecule has 1 saturated heterocycles. The topological polar surface area (TPSA) is 48.9 Å². The minimum atomic E-state index is 0.397. The predicted octanol–water partition coefficient (Wildman–Crippen LogP) is 3.16. The number of likely N-dealkylation sites (tertiary alicyclic amines) is 1. The van der Waals surface area contributed by atoms with E-state index in [4.69, 9.17) is 9.73 Å². The van der Waals surface area contributed by atoms with Crippen LogP contribution in [0.3, 0.4) is 0 Å². The van der Waals surface area contributed by atoms with E-state index in [1.807, 2.05) is 6.07 Å². The lowest BCUT2D eigenvalue weighted by Crippen LogP contribution is -2.44. The van der Waals surface area contributed by atoms with Gasteiger partial charge in [-0.2, -0.15) is 0 Å². The van der Waals surface area contributed by atoms with Crippen molar-refractivity contribution in [1.29, 1.82) is 0 Å². The molecule has 5 heteroatoms. The van der Waals surface area contributed by atoms with Crippen LogP contribution in [0.25, 0.3) is 0 Å². The third-order valence-corrected chi connectivity index (χ3v) is 5.48. The van der Waals surface area contributed by atoms with E-state index < -0.39 is 0 Å². The first-order valence-corrected chi connectivity index (χ1v) is 10.3. The normalized spacial score (nSPS) is 21.5. The number of nitrogens with one attached hydrogen (secondary N) is 2. The molecule has 2 aliphatic rings. The van der Waals surface area contributed by atoms with E-state index in [1.54, 1.807) is 0 Å². The minimum absolute atomic E-state index is 0.397. The number of ether oxygens (including phenoxy) is 1. The molecule has 3 rings (SSSR count). The van der Waals surface area contributed by atoms with Gasteiger partial charge in [-0.25, -0.2) is 4.99 Å². The van der Waals surface area contributed by atoms with Crippen LogP contribution in [0.1, 0.15) is 51.5 Å². The van der Waals surface area contributed by atoms with Gasteiger partial charge in [0.15, 0.2) is 5.96 Å². The van der Waals surface area contributed by atoms with Gasteiger partial charge in [0.2, 0.25) is 0 Å². The van der Waals surface area contributed by atoms with E-state index >= 15 is 0 Å². The molecule has 0 aromatic heterocycles. The molecule has 5 nitrogen and oxygen atoms in total. The number of guanidine groups is 1. The lowest BCUT2D eigenvalue weighted by molar-refractivity contribution is 0.119. The van der Waals surface area contributed by atoms with Crippen molar-refractivity contribution in [2.75, 3.05) is 26.2 Å². The number of hydrogen-bond acceptors (Lipinski definition) is 3. The molecule has 144 valence electrons. The Kier molecular flexibility index (Phi) is 7.18. The summed E-state index contributed by atoms with van der Waals surface area (Å²) in [7, 11) is 0. The zero-order chi connectivity index (χ0) is 18.2. The third-order valence-electron chi connectivity index (χ3n) is 5.48. The number of likely N-dealkylation sites (N-methyl/N-ethyl adjacent to an activating group) is 1. The van der Waals surface area contributed by atoms with Crippen molar-refractivity contribution in [3.63, 3.8) is 0 Å². The average Bonchev–Trinajstić information content (AvgIpc) is 3.09. The van der Waals surface area contributed by atoms with Gasteiger partial charge in [0.1, 0.15) is 5.75 Å². The van der Waals surface area contributed by atoms with E-state index in [1.165, 1.54) is 38.6 Å². The van der Waals surface area contributed by atoms with E-state index in [0.717, 1.165) is 36.9 Å². The summed E-state index contributed by atoms with van der Waals surface area (Å²) in [5, 5.41) is 6.91. The molecule has 0 spiro atoms. The van der Waals surface area contributed by atoms with Gasteiger partial charge in [0.25, 0.3) is 0 Å². The van der Waals surface area contributed by atoms with Crippen molar-refractivity contribution in [3.8, 4) is 5.75 Å². The number of hydrogen-bond donors (Lipinski definition) is 2. The molecule has 26 heavy (non-hydrogen) atoms. The van der Waals surface area contributed by atoms with Gasteiger partial charge in [0, 0.05) is 24.7 Å². The maximum absolute atomic E-state index is 6.13. The summed E-state index contributed by atoms with van der Waals surface area (Å²) in [5.74, 6) is 1.89. The first-order chi connectivity index (χ1) is 12.8. The van der Waals surface area contributed by atoms with Gasteiger partial charge in [-0.1, -0.05) is 25.1 Å². The molecular formula is C21H34N4O. The van der Waals surface area contributed by atoms with E-state index in [-0.39, 0.29) is 0 Å². The predicted molar refractivity (Wildman–Crippen MR) is 108 cm³/mol. The Bertz CT molecular complexity index is 585. The SMILES string of the molecule is CCNC(=NCc1ccccc1OC1CCC1)NCC1CCCN1CC. The maximum Gasteiger partial charge on any atom is 0.191 e. The molecule has 1 aromatic carbocycles. The number of nitrogens with zero attached hydrogens (tertiary/aromatic N) is 2. The average molecular weight is 359 g/mol. The molecule has 2 fully saturated rings. The van der Waals surface area contributed by atoms with Crippen LogP contribution in [0, 0.1) is 0 Å². The highest BCUT2D eigenvalue weighted by atomic mass is 16.5. The first-order valence-electron chi connectivity index (χ1n) is 10.3. The van der Waals surface area contributed by atoms with Crippen LogP contribution in [0.15, 0.2) is 29.3 Å². The van der Waals surface area contributed by atoms with Crippen LogP contribution in [0.2, 0.25) is 0 Å². The van der Waals surface area contributed by atoms with Crippen LogP contribution < -0.4 is 15.4 Å². The first kappa shape index (κ1) is 19.0. The van der Waals surface area contributed by atoms with Crippen molar-refractivity contribution >= 4 is 5.96 Å². The van der Waals surface area contributed by atoms with Gasteiger partial charge in [-0.05, 0) is 58.2 Å². The molecule has 2 N–H and O–H groups in total. The quantitative estimate of drug-likeness (QED) is 0.554. The summed E-state index contributed by atoms with van der Waals surface area (Å²) in [6.07, 6.45) is 6.62. The van der Waals surface area contributed by atoms with E-state index in [2.05, 4.69) is 47.6 Å². The maximum atomic E-state index is 6.13. The molecule has 0 radical (unpaired) electrons. The Hall–Kier alpha value is -1.75. The van der Waals surface area contributed by atoms with Crippen molar-refractivity contribution in [2.24, 2.45) is 4.99 Å². The smallest absolute Gasteiger partial charge is 0.191 e. The van der Waals surface area contributed by atoms with Crippen LogP contribution in [-0.4, -0.2) is 49.2 Å². The molecule has 1 heterocycles. The number of benzene rings is 1. The monoisotopic (exact) mass is 358 g/mol. The molecule has 0 bridgehead atoms. The van der Waals surface area contributed by atoms with Gasteiger partial charge >= 0.3 is 0 Å². The zero-order valence-corrected chi connectivity index (χ0v) is 16.3. The summed E-state index contributed by atoms with van der Waals surface area (Å²) < 4.78 is 6.13. The Morgan fingerprint density at radius 3 is 2.73 bits per heavy atom. The fraction of sp³-hybridized carbons (Fsp3) is 0.667. The van der Waals surface area contributed by atoms with E-state index in [9.17, 15) is 0 Å². The molecule has 1 saturated carbocycles. The Balaban J connectivity index is 1.58. The van der Waals surface area contributed by atoms with Crippen LogP contribution in [0.5, 0.6) is 5.75 Å². The van der Waals surface area contributed by atoms with Crippen molar-refractivity contribution in [1.82, 2.24) is 15.5 Å². The lowest BCUT2D eigenvalue weighted by atomic mass is 9.96. The highest BCUT2D eigenvalue weighted by Gasteiger charge is 2.23. The number of aliphatic imine (C=N–C) groups is 1. The molecular weight excluding hydrogens is 324 g/mol. The Labute approximate surface area is 158 Å². The highest BCUT2D eigenvalue weighted by Crippen LogP contribution is 2.27. The Morgan fingerprint density at radius 1 is 1.15 bits per heavy atom. The van der Waals surface area contributed by atoms with Gasteiger partial charge < -0.3 is 15.4 Å². The molecule has 0 amide bonds.